The van der Waals surface area contributed by atoms with Gasteiger partial charge in [0.2, 0.25) is 17.7 Å². The molecule has 0 bridgehead atoms. The minimum absolute atomic E-state index is 0.106. The van der Waals surface area contributed by atoms with Crippen molar-refractivity contribution >= 4 is 42.3 Å². The third kappa shape index (κ3) is 11.1. The zero-order valence-corrected chi connectivity index (χ0v) is 17.4. The molecular formula is C16H31N7O5S. The van der Waals surface area contributed by atoms with Crippen LogP contribution in [0.4, 0.5) is 0 Å². The van der Waals surface area contributed by atoms with Gasteiger partial charge in [-0.05, 0) is 18.8 Å². The number of amides is 3. The van der Waals surface area contributed by atoms with Crippen LogP contribution in [-0.4, -0.2) is 71.7 Å². The first-order chi connectivity index (χ1) is 13.5. The number of rotatable bonds is 13. The lowest BCUT2D eigenvalue weighted by atomic mass is 10.0. The number of thiol groups is 1. The van der Waals surface area contributed by atoms with Gasteiger partial charge < -0.3 is 38.3 Å². The maximum atomic E-state index is 12.3. The van der Waals surface area contributed by atoms with E-state index in [1.807, 2.05) is 0 Å². The quantitative estimate of drug-likeness (QED) is 0.0651. The minimum atomic E-state index is -1.22. The lowest BCUT2D eigenvalue weighted by molar-refractivity contribution is -0.142. The Hall–Kier alpha value is -2.54. The van der Waals surface area contributed by atoms with E-state index in [2.05, 4.69) is 33.6 Å². The van der Waals surface area contributed by atoms with Crippen molar-refractivity contribution in [2.24, 2.45) is 28.1 Å². The number of hydrogen-bond donors (Lipinski definition) is 8. The molecule has 10 N–H and O–H groups in total. The van der Waals surface area contributed by atoms with Crippen molar-refractivity contribution < 1.29 is 24.3 Å². The third-order valence-electron chi connectivity index (χ3n) is 3.78. The number of carboxylic acids is 1. The molecule has 12 nitrogen and oxygen atoms in total. The molecule has 3 atom stereocenters. The monoisotopic (exact) mass is 433 g/mol. The second-order valence-corrected chi connectivity index (χ2v) is 7.01. The maximum Gasteiger partial charge on any atom is 0.326 e. The van der Waals surface area contributed by atoms with Crippen LogP contribution in [0.3, 0.4) is 0 Å². The molecule has 0 aromatic heterocycles. The van der Waals surface area contributed by atoms with E-state index >= 15 is 0 Å². The summed E-state index contributed by atoms with van der Waals surface area (Å²) in [6.45, 7) is 3.21. The topological polar surface area (TPSA) is 215 Å². The summed E-state index contributed by atoms with van der Waals surface area (Å²) in [5.41, 5.74) is 15.9. The van der Waals surface area contributed by atoms with Crippen molar-refractivity contribution in [3.63, 3.8) is 0 Å². The molecule has 166 valence electrons. The van der Waals surface area contributed by atoms with Crippen LogP contribution in [0.25, 0.3) is 0 Å². The Morgan fingerprint density at radius 3 is 2.21 bits per heavy atom. The Balaban J connectivity index is 4.65. The molecular weight excluding hydrogens is 402 g/mol. The van der Waals surface area contributed by atoms with Gasteiger partial charge in [-0.3, -0.25) is 19.4 Å². The summed E-state index contributed by atoms with van der Waals surface area (Å²) in [5.74, 6) is -3.29. The minimum Gasteiger partial charge on any atom is -0.480 e. The maximum absolute atomic E-state index is 12.3. The van der Waals surface area contributed by atoms with Gasteiger partial charge >= 0.3 is 5.97 Å². The Kier molecular flexibility index (Phi) is 12.4. The van der Waals surface area contributed by atoms with Crippen molar-refractivity contribution in [2.45, 2.75) is 44.8 Å². The molecule has 0 spiro atoms. The molecule has 3 unspecified atom stereocenters. The summed E-state index contributed by atoms with van der Waals surface area (Å²) < 4.78 is 0. The van der Waals surface area contributed by atoms with Crippen LogP contribution in [0.15, 0.2) is 4.99 Å². The summed E-state index contributed by atoms with van der Waals surface area (Å²) in [5, 5.41) is 16.4. The van der Waals surface area contributed by atoms with E-state index in [4.69, 9.17) is 17.2 Å². The first-order valence-electron chi connectivity index (χ1n) is 9.01. The second kappa shape index (κ2) is 13.6. The molecule has 3 amide bonds. The van der Waals surface area contributed by atoms with Gasteiger partial charge in [0.1, 0.15) is 12.1 Å². The molecule has 0 aromatic carbocycles. The molecule has 0 heterocycles. The van der Waals surface area contributed by atoms with Crippen LogP contribution >= 0.6 is 12.6 Å². The van der Waals surface area contributed by atoms with Crippen LogP contribution in [-0.2, 0) is 19.2 Å². The average molecular weight is 434 g/mol. The molecule has 13 heteroatoms. The molecule has 0 aromatic rings. The van der Waals surface area contributed by atoms with Crippen molar-refractivity contribution in [2.75, 3.05) is 18.8 Å². The highest BCUT2D eigenvalue weighted by molar-refractivity contribution is 7.80. The molecule has 0 aliphatic rings. The molecule has 0 aliphatic carbocycles. The lowest BCUT2D eigenvalue weighted by Crippen LogP contribution is -2.55. The summed E-state index contributed by atoms with van der Waals surface area (Å²) in [6.07, 6.45) is 0.451. The van der Waals surface area contributed by atoms with Gasteiger partial charge in [-0.1, -0.05) is 13.8 Å². The molecule has 29 heavy (non-hydrogen) atoms. The average Bonchev–Trinajstić information content (AvgIpc) is 2.64. The number of guanidine groups is 1. The molecule has 0 fully saturated rings. The van der Waals surface area contributed by atoms with Gasteiger partial charge in [-0.2, -0.15) is 12.6 Å². The summed E-state index contributed by atoms with van der Waals surface area (Å²) >= 11 is 3.93. The van der Waals surface area contributed by atoms with Crippen LogP contribution in [0, 0.1) is 5.92 Å². The van der Waals surface area contributed by atoms with Crippen molar-refractivity contribution in [3.05, 3.63) is 0 Å². The van der Waals surface area contributed by atoms with Gasteiger partial charge in [-0.15, -0.1) is 0 Å². The summed E-state index contributed by atoms with van der Waals surface area (Å²) in [6, 6.07) is -2.93. The van der Waals surface area contributed by atoms with Crippen LogP contribution < -0.4 is 33.2 Å². The van der Waals surface area contributed by atoms with E-state index in [1.165, 1.54) is 0 Å². The molecule has 0 saturated heterocycles. The van der Waals surface area contributed by atoms with E-state index < -0.39 is 48.4 Å². The van der Waals surface area contributed by atoms with Crippen molar-refractivity contribution in [1.82, 2.24) is 16.0 Å². The predicted molar refractivity (Wildman–Crippen MR) is 111 cm³/mol. The third-order valence-corrected chi connectivity index (χ3v) is 4.18. The fourth-order valence-corrected chi connectivity index (χ4v) is 2.33. The Bertz CT molecular complexity index is 610. The van der Waals surface area contributed by atoms with Gasteiger partial charge in [0.05, 0.1) is 12.6 Å². The van der Waals surface area contributed by atoms with Crippen LogP contribution in [0.2, 0.25) is 0 Å². The smallest absolute Gasteiger partial charge is 0.326 e. The number of aliphatic imine (C=N–C) groups is 1. The first-order valence-corrected chi connectivity index (χ1v) is 9.64. The predicted octanol–water partition coefficient (Wildman–Crippen LogP) is -2.88. The van der Waals surface area contributed by atoms with Gasteiger partial charge in [0.25, 0.3) is 0 Å². The van der Waals surface area contributed by atoms with Gasteiger partial charge in [0.15, 0.2) is 5.96 Å². The molecule has 0 saturated carbocycles. The molecule has 0 rings (SSSR count). The normalized spacial score (nSPS) is 13.7. The highest BCUT2D eigenvalue weighted by Gasteiger charge is 2.27. The number of carbonyl (C=O) groups excluding carboxylic acids is 3. The Labute approximate surface area is 174 Å². The number of carbonyl (C=O) groups is 4. The first kappa shape index (κ1) is 26.5. The fraction of sp³-hybridized carbons (Fsp3) is 0.688. The SMILES string of the molecule is CC(C)C(NC(=O)C(N)CS)C(=O)NCC(=O)NC(CCCN=C(N)N)C(=O)O. The number of nitrogens with one attached hydrogen (secondary N) is 3. The lowest BCUT2D eigenvalue weighted by Gasteiger charge is -2.23. The molecule has 0 radical (unpaired) electrons. The van der Waals surface area contributed by atoms with E-state index in [9.17, 15) is 24.3 Å². The standard InChI is InChI=1S/C16H31N7O5S/c1-8(2)12(23-13(25)9(17)7-29)14(26)21-6-11(24)22-10(15(27)28)4-3-5-20-16(18)19/h8-10,12,29H,3-7,17H2,1-2H3,(H,21,26)(H,22,24)(H,23,25)(H,27,28)(H4,18,19,20). The van der Waals surface area contributed by atoms with E-state index in [0.29, 0.717) is 6.42 Å². The van der Waals surface area contributed by atoms with E-state index in [1.54, 1.807) is 13.8 Å². The zero-order valence-electron chi connectivity index (χ0n) is 16.6. The van der Waals surface area contributed by atoms with E-state index in [-0.39, 0.29) is 30.6 Å². The van der Waals surface area contributed by atoms with Crippen molar-refractivity contribution in [1.29, 1.82) is 0 Å². The number of hydrogen-bond acceptors (Lipinski definition) is 7. The van der Waals surface area contributed by atoms with E-state index in [0.717, 1.165) is 0 Å². The fourth-order valence-electron chi connectivity index (χ4n) is 2.16. The van der Waals surface area contributed by atoms with Gasteiger partial charge in [-0.25, -0.2) is 4.79 Å². The summed E-state index contributed by atoms with van der Waals surface area (Å²) in [7, 11) is 0. The zero-order chi connectivity index (χ0) is 22.6. The Morgan fingerprint density at radius 1 is 1.10 bits per heavy atom. The van der Waals surface area contributed by atoms with Crippen LogP contribution in [0.1, 0.15) is 26.7 Å². The number of nitrogens with two attached hydrogens (primary N) is 3. The second-order valence-electron chi connectivity index (χ2n) is 6.64. The summed E-state index contributed by atoms with van der Waals surface area (Å²) in [4.78, 5) is 51.2. The van der Waals surface area contributed by atoms with Crippen molar-refractivity contribution in [3.8, 4) is 0 Å². The Morgan fingerprint density at radius 2 is 1.72 bits per heavy atom. The molecule has 0 aliphatic heterocycles. The van der Waals surface area contributed by atoms with Crippen LogP contribution in [0.5, 0.6) is 0 Å². The van der Waals surface area contributed by atoms with Gasteiger partial charge in [0, 0.05) is 12.3 Å². The number of aliphatic carboxylic acids is 1. The highest BCUT2D eigenvalue weighted by atomic mass is 32.1. The number of carboxylic acid groups (broad SMARTS) is 1. The largest absolute Gasteiger partial charge is 0.480 e. The highest BCUT2D eigenvalue weighted by Crippen LogP contribution is 2.03. The number of nitrogens with zero attached hydrogens (tertiary/aromatic N) is 1.